The summed E-state index contributed by atoms with van der Waals surface area (Å²) in [6.45, 7) is 3.41. The smallest absolute Gasteiger partial charge is 0.322 e. The summed E-state index contributed by atoms with van der Waals surface area (Å²) in [4.78, 5) is 22.3. The van der Waals surface area contributed by atoms with Gasteiger partial charge in [0.1, 0.15) is 17.5 Å². The second-order valence-corrected chi connectivity index (χ2v) is 5.33. The molecule has 9 heteroatoms. The monoisotopic (exact) mass is 338 g/mol. The van der Waals surface area contributed by atoms with E-state index in [4.69, 9.17) is 16.3 Å². The normalized spacial score (nSPS) is 11.8. The van der Waals surface area contributed by atoms with Crippen molar-refractivity contribution in [3.05, 3.63) is 50.8 Å². The molecule has 122 valence electrons. The number of benzene rings is 1. The van der Waals surface area contributed by atoms with Gasteiger partial charge >= 0.3 is 5.69 Å². The molecule has 1 heterocycles. The molecule has 0 aliphatic rings. The van der Waals surface area contributed by atoms with E-state index in [1.165, 1.54) is 6.92 Å². The van der Waals surface area contributed by atoms with Crippen molar-refractivity contribution in [2.24, 2.45) is 0 Å². The summed E-state index contributed by atoms with van der Waals surface area (Å²) < 4.78 is 5.60. The minimum absolute atomic E-state index is 0.171. The molecule has 1 aromatic carbocycles. The molecule has 2 aromatic rings. The summed E-state index contributed by atoms with van der Waals surface area (Å²) in [5.41, 5.74) is -0.342. The number of H-pyrrole nitrogens is 1. The van der Waals surface area contributed by atoms with Crippen LogP contribution in [0, 0.1) is 17.0 Å². The van der Waals surface area contributed by atoms with Crippen molar-refractivity contribution in [2.45, 2.75) is 20.0 Å². The van der Waals surface area contributed by atoms with Crippen LogP contribution in [0.1, 0.15) is 23.1 Å². The number of nitro groups is 1. The number of amides is 1. The Morgan fingerprint density at radius 2 is 2.13 bits per heavy atom. The number of ether oxygens (including phenoxy) is 1. The number of aromatic amines is 1. The van der Waals surface area contributed by atoms with E-state index in [-0.39, 0.29) is 29.7 Å². The lowest BCUT2D eigenvalue weighted by Gasteiger charge is -2.15. The van der Waals surface area contributed by atoms with Gasteiger partial charge in [-0.25, -0.2) is 0 Å². The molecule has 1 unspecified atom stereocenters. The Morgan fingerprint density at radius 1 is 1.48 bits per heavy atom. The summed E-state index contributed by atoms with van der Waals surface area (Å²) in [5.74, 6) is -0.0228. The van der Waals surface area contributed by atoms with E-state index in [0.717, 1.165) is 0 Å². The van der Waals surface area contributed by atoms with Crippen molar-refractivity contribution in [1.29, 1.82) is 0 Å². The fourth-order valence-electron chi connectivity index (χ4n) is 1.91. The summed E-state index contributed by atoms with van der Waals surface area (Å²) in [7, 11) is 0. The van der Waals surface area contributed by atoms with Crippen molar-refractivity contribution in [3.63, 3.8) is 0 Å². The molecule has 2 rings (SSSR count). The predicted octanol–water partition coefficient (Wildman–Crippen LogP) is 2.48. The molecule has 1 amide bonds. The van der Waals surface area contributed by atoms with Crippen LogP contribution in [0.3, 0.4) is 0 Å². The van der Waals surface area contributed by atoms with Crippen LogP contribution < -0.4 is 10.1 Å². The Kier molecular flexibility index (Phi) is 5.17. The van der Waals surface area contributed by atoms with Gasteiger partial charge in [0.15, 0.2) is 0 Å². The van der Waals surface area contributed by atoms with Gasteiger partial charge in [0.25, 0.3) is 5.91 Å². The summed E-state index contributed by atoms with van der Waals surface area (Å²) in [6.07, 6.45) is -0.334. The number of aryl methyl sites for hydroxylation is 1. The number of carbonyl (C=O) groups excluding carboxylic acids is 1. The lowest BCUT2D eigenvalue weighted by Crippen LogP contribution is -2.34. The van der Waals surface area contributed by atoms with Gasteiger partial charge in [-0.15, -0.1) is 0 Å². The van der Waals surface area contributed by atoms with Gasteiger partial charge in [-0.1, -0.05) is 11.6 Å². The first kappa shape index (κ1) is 16.8. The largest absolute Gasteiger partial charge is 0.489 e. The zero-order chi connectivity index (χ0) is 17.0. The van der Waals surface area contributed by atoms with E-state index in [0.29, 0.717) is 10.8 Å². The number of hydrogen-bond acceptors (Lipinski definition) is 5. The topological polar surface area (TPSA) is 110 Å². The molecule has 0 radical (unpaired) electrons. The van der Waals surface area contributed by atoms with Gasteiger partial charge in [0.2, 0.25) is 5.69 Å². The Morgan fingerprint density at radius 3 is 2.74 bits per heavy atom. The first-order chi connectivity index (χ1) is 10.9. The third-order valence-electron chi connectivity index (χ3n) is 3.01. The molecule has 23 heavy (non-hydrogen) atoms. The highest BCUT2D eigenvalue weighted by Crippen LogP contribution is 2.20. The zero-order valence-electron chi connectivity index (χ0n) is 12.5. The van der Waals surface area contributed by atoms with E-state index in [1.54, 1.807) is 31.2 Å². The van der Waals surface area contributed by atoms with Crippen LogP contribution in [-0.4, -0.2) is 33.7 Å². The number of rotatable bonds is 6. The molecule has 0 aliphatic heterocycles. The molecular weight excluding hydrogens is 324 g/mol. The second kappa shape index (κ2) is 7.10. The van der Waals surface area contributed by atoms with E-state index < -0.39 is 10.8 Å². The number of halogens is 1. The Labute approximate surface area is 136 Å². The Balaban J connectivity index is 1.94. The van der Waals surface area contributed by atoms with Gasteiger partial charge in [0.05, 0.1) is 11.5 Å². The molecular formula is C14H15ClN4O4. The van der Waals surface area contributed by atoms with Gasteiger partial charge in [-0.2, -0.15) is 5.10 Å². The van der Waals surface area contributed by atoms with Crippen molar-refractivity contribution in [2.75, 3.05) is 6.54 Å². The van der Waals surface area contributed by atoms with Gasteiger partial charge in [-0.3, -0.25) is 20.0 Å². The molecule has 1 aromatic heterocycles. The minimum Gasteiger partial charge on any atom is -0.489 e. The van der Waals surface area contributed by atoms with E-state index >= 15 is 0 Å². The zero-order valence-corrected chi connectivity index (χ0v) is 13.3. The average molecular weight is 339 g/mol. The Bertz CT molecular complexity index is 714. The maximum atomic E-state index is 12.0. The first-order valence-electron chi connectivity index (χ1n) is 6.78. The van der Waals surface area contributed by atoms with E-state index in [9.17, 15) is 14.9 Å². The number of nitrogens with one attached hydrogen (secondary N) is 2. The van der Waals surface area contributed by atoms with Crippen molar-refractivity contribution in [3.8, 4) is 5.75 Å². The van der Waals surface area contributed by atoms with Gasteiger partial charge < -0.3 is 10.1 Å². The van der Waals surface area contributed by atoms with Crippen LogP contribution in [0.4, 0.5) is 5.69 Å². The van der Waals surface area contributed by atoms with Gasteiger partial charge in [-0.05, 0) is 38.1 Å². The van der Waals surface area contributed by atoms with E-state index in [1.807, 2.05) is 0 Å². The predicted molar refractivity (Wildman–Crippen MR) is 83.9 cm³/mol. The highest BCUT2D eigenvalue weighted by atomic mass is 35.5. The third-order valence-corrected chi connectivity index (χ3v) is 3.27. The average Bonchev–Trinajstić information content (AvgIpc) is 2.89. The molecule has 1 atom stereocenters. The fraction of sp³-hybridized carbons (Fsp3) is 0.286. The SMILES string of the molecule is Cc1[nH]nc(C(=O)NCC(C)Oc2ccc(Cl)cc2)c1[N+](=O)[O-]. The number of carbonyl (C=O) groups is 1. The number of hydrogen-bond donors (Lipinski definition) is 2. The van der Waals surface area contributed by atoms with Crippen LogP contribution in [0.5, 0.6) is 5.75 Å². The highest BCUT2D eigenvalue weighted by Gasteiger charge is 2.27. The summed E-state index contributed by atoms with van der Waals surface area (Å²) in [6, 6.07) is 6.81. The van der Waals surface area contributed by atoms with Crippen LogP contribution in [0.25, 0.3) is 0 Å². The fourth-order valence-corrected chi connectivity index (χ4v) is 2.04. The van der Waals surface area contributed by atoms with Crippen LogP contribution in [0.15, 0.2) is 24.3 Å². The lowest BCUT2D eigenvalue weighted by atomic mass is 10.3. The van der Waals surface area contributed by atoms with Gasteiger partial charge in [0, 0.05) is 5.02 Å². The lowest BCUT2D eigenvalue weighted by molar-refractivity contribution is -0.385. The molecule has 8 nitrogen and oxygen atoms in total. The molecule has 0 bridgehead atoms. The van der Waals surface area contributed by atoms with Crippen molar-refractivity contribution in [1.82, 2.24) is 15.5 Å². The molecule has 2 N–H and O–H groups in total. The molecule has 0 saturated heterocycles. The quantitative estimate of drug-likeness (QED) is 0.621. The minimum atomic E-state index is -0.638. The number of nitrogens with zero attached hydrogens (tertiary/aromatic N) is 2. The van der Waals surface area contributed by atoms with E-state index in [2.05, 4.69) is 15.5 Å². The molecule has 0 saturated carbocycles. The Hall–Kier alpha value is -2.61. The number of aromatic nitrogens is 2. The van der Waals surface area contributed by atoms with Crippen molar-refractivity contribution >= 4 is 23.2 Å². The first-order valence-corrected chi connectivity index (χ1v) is 7.16. The van der Waals surface area contributed by atoms with Crippen molar-refractivity contribution < 1.29 is 14.5 Å². The second-order valence-electron chi connectivity index (χ2n) is 4.90. The highest BCUT2D eigenvalue weighted by molar-refractivity contribution is 6.30. The summed E-state index contributed by atoms with van der Waals surface area (Å²) in [5, 5.41) is 20.2. The van der Waals surface area contributed by atoms with Crippen LogP contribution in [-0.2, 0) is 0 Å². The molecule has 0 fully saturated rings. The van der Waals surface area contributed by atoms with Crippen LogP contribution >= 0.6 is 11.6 Å². The summed E-state index contributed by atoms with van der Waals surface area (Å²) >= 11 is 5.78. The molecule has 0 aliphatic carbocycles. The third kappa shape index (κ3) is 4.19. The maximum absolute atomic E-state index is 12.0. The maximum Gasteiger partial charge on any atom is 0.322 e. The molecule has 0 spiro atoms. The standard InChI is InChI=1S/C14H15ClN4O4/c1-8(23-11-5-3-10(15)4-6-11)7-16-14(20)12-13(19(21)22)9(2)17-18-12/h3-6,8H,7H2,1-2H3,(H,16,20)(H,17,18). The van der Waals surface area contributed by atoms with Crippen LogP contribution in [0.2, 0.25) is 5.02 Å².